The van der Waals surface area contributed by atoms with E-state index in [1.807, 2.05) is 5.41 Å². The summed E-state index contributed by atoms with van der Waals surface area (Å²) in [6.45, 7) is 0. The number of anilines is 1. The molecule has 0 fully saturated rings. The molecule has 0 bridgehead atoms. The van der Waals surface area contributed by atoms with Crippen molar-refractivity contribution in [3.05, 3.63) is 46.5 Å². The smallest absolute Gasteiger partial charge is 0.155 e. The molecule has 0 aromatic heterocycles. The summed E-state index contributed by atoms with van der Waals surface area (Å²) in [5.41, 5.74) is 3.16. The minimum Gasteiger partial charge on any atom is -0.323 e. The van der Waals surface area contributed by atoms with Crippen LogP contribution < -0.4 is 11.3 Å². The van der Waals surface area contributed by atoms with Crippen LogP contribution in [0, 0.1) is 5.82 Å². The van der Waals surface area contributed by atoms with Crippen LogP contribution in [0.15, 0.2) is 45.6 Å². The van der Waals surface area contributed by atoms with Crippen LogP contribution in [0.5, 0.6) is 0 Å². The normalized spacial score (nSPS) is 20.6. The first-order valence-electron chi connectivity index (χ1n) is 4.65. The first-order chi connectivity index (χ1) is 7.76. The number of allylic oxidation sites excluding steroid dienone is 3. The zero-order chi connectivity index (χ0) is 11.5. The van der Waals surface area contributed by atoms with Crippen LogP contribution in [0.25, 0.3) is 0 Å². The summed E-state index contributed by atoms with van der Waals surface area (Å²) in [7, 11) is -0.917. The highest BCUT2D eigenvalue weighted by molar-refractivity contribution is 8.23. The number of carbonyl (C=O) groups excluding carboxylic acids is 1. The lowest BCUT2D eigenvalue weighted by atomic mass is 10.3. The average Bonchev–Trinajstić information content (AvgIpc) is 2.76. The van der Waals surface area contributed by atoms with Crippen LogP contribution in [0.3, 0.4) is 0 Å². The van der Waals surface area contributed by atoms with Crippen molar-refractivity contribution < 1.29 is 9.18 Å². The number of carbonyl (C=O) groups is 1. The number of nitrogens with two attached hydrogens (primary N) is 1. The predicted octanol–water partition coefficient (Wildman–Crippen LogP) is 2.08. The van der Waals surface area contributed by atoms with Gasteiger partial charge in [0.1, 0.15) is 5.82 Å². The highest BCUT2D eigenvalue weighted by Crippen LogP contribution is 2.50. The number of hydrogen-bond acceptors (Lipinski definition) is 3. The highest BCUT2D eigenvalue weighted by Gasteiger charge is 2.16. The largest absolute Gasteiger partial charge is 0.323 e. The third-order valence-corrected chi connectivity index (χ3v) is 4.45. The summed E-state index contributed by atoms with van der Waals surface area (Å²) in [4.78, 5) is 12.2. The summed E-state index contributed by atoms with van der Waals surface area (Å²) in [6.07, 6.45) is 4.35. The third kappa shape index (κ3) is 1.87. The lowest BCUT2D eigenvalue weighted by molar-refractivity contribution is -0.104. The van der Waals surface area contributed by atoms with Crippen molar-refractivity contribution in [1.82, 2.24) is 0 Å². The SMILES string of the molecule is NNc1ccc(F)cc1[SH]1C=CC=C1C=O. The number of hydrazine groups is 1. The second-order valence-electron chi connectivity index (χ2n) is 3.23. The van der Waals surface area contributed by atoms with E-state index < -0.39 is 10.9 Å². The van der Waals surface area contributed by atoms with Crippen LogP contribution >= 0.6 is 10.9 Å². The molecule has 1 aliphatic rings. The molecule has 3 nitrogen and oxygen atoms in total. The fourth-order valence-corrected chi connectivity index (χ4v) is 3.43. The van der Waals surface area contributed by atoms with E-state index in [-0.39, 0.29) is 5.82 Å². The van der Waals surface area contributed by atoms with Crippen LogP contribution in [0.4, 0.5) is 10.1 Å². The minimum atomic E-state index is -0.917. The van der Waals surface area contributed by atoms with Gasteiger partial charge in [-0.1, -0.05) is 6.08 Å². The first kappa shape index (κ1) is 10.9. The van der Waals surface area contributed by atoms with Crippen molar-refractivity contribution in [2.45, 2.75) is 4.90 Å². The molecule has 1 heterocycles. The van der Waals surface area contributed by atoms with Crippen molar-refractivity contribution in [3.8, 4) is 0 Å². The Hall–Kier alpha value is -1.59. The molecule has 2 rings (SSSR count). The van der Waals surface area contributed by atoms with Gasteiger partial charge < -0.3 is 5.43 Å². The molecular formula is C11H11FN2OS. The van der Waals surface area contributed by atoms with E-state index in [0.717, 1.165) is 11.2 Å². The Kier molecular flexibility index (Phi) is 3.07. The Morgan fingerprint density at radius 1 is 1.44 bits per heavy atom. The maximum Gasteiger partial charge on any atom is 0.155 e. The number of nitrogen functional groups attached to an aromatic ring is 1. The summed E-state index contributed by atoms with van der Waals surface area (Å²) >= 11 is 0. The molecule has 84 valence electrons. The number of nitrogens with one attached hydrogen (secondary N) is 1. The van der Waals surface area contributed by atoms with E-state index >= 15 is 0 Å². The molecule has 0 amide bonds. The maximum absolute atomic E-state index is 13.2. The van der Waals surface area contributed by atoms with Gasteiger partial charge in [0.05, 0.1) is 5.69 Å². The van der Waals surface area contributed by atoms with Crippen LogP contribution in [0.2, 0.25) is 0 Å². The summed E-state index contributed by atoms with van der Waals surface area (Å²) in [5, 5.41) is 1.90. The Morgan fingerprint density at radius 2 is 2.25 bits per heavy atom. The average molecular weight is 238 g/mol. The lowest BCUT2D eigenvalue weighted by Gasteiger charge is -2.18. The lowest BCUT2D eigenvalue weighted by Crippen LogP contribution is -2.08. The second-order valence-corrected chi connectivity index (χ2v) is 5.26. The highest BCUT2D eigenvalue weighted by atomic mass is 32.2. The number of aldehydes is 1. The molecule has 16 heavy (non-hydrogen) atoms. The first-order valence-corrected chi connectivity index (χ1v) is 6.06. The number of rotatable bonds is 3. The molecule has 1 aromatic carbocycles. The van der Waals surface area contributed by atoms with Crippen LogP contribution in [-0.4, -0.2) is 6.29 Å². The Bertz CT molecular complexity index is 485. The number of thiol groups is 1. The standard InChI is InChI=1S/C11H11FN2OS/c12-8-3-4-10(14-13)11(6-8)16-5-1-2-9(16)7-15/h1-7,14,16H,13H2. The second kappa shape index (κ2) is 4.51. The number of halogens is 1. The van der Waals surface area contributed by atoms with Gasteiger partial charge in [-0.3, -0.25) is 10.6 Å². The van der Waals surface area contributed by atoms with Gasteiger partial charge in [-0.05, 0) is 29.7 Å². The molecule has 0 radical (unpaired) electrons. The molecule has 1 unspecified atom stereocenters. The number of hydrogen-bond donors (Lipinski definition) is 3. The van der Waals surface area contributed by atoms with E-state index in [0.29, 0.717) is 10.6 Å². The van der Waals surface area contributed by atoms with Gasteiger partial charge in [0.2, 0.25) is 0 Å². The Labute approximate surface area is 95.1 Å². The van der Waals surface area contributed by atoms with Crippen molar-refractivity contribution in [2.24, 2.45) is 5.84 Å². The van der Waals surface area contributed by atoms with Gasteiger partial charge in [-0.15, -0.1) is 0 Å². The molecule has 0 saturated carbocycles. The molecule has 0 aliphatic carbocycles. The topological polar surface area (TPSA) is 55.1 Å². The van der Waals surface area contributed by atoms with Crippen molar-refractivity contribution in [3.63, 3.8) is 0 Å². The van der Waals surface area contributed by atoms with Gasteiger partial charge in [0.25, 0.3) is 0 Å². The van der Waals surface area contributed by atoms with E-state index in [9.17, 15) is 9.18 Å². The van der Waals surface area contributed by atoms with Crippen molar-refractivity contribution in [2.75, 3.05) is 5.43 Å². The fraction of sp³-hybridized carbons (Fsp3) is 0. The van der Waals surface area contributed by atoms with Crippen molar-refractivity contribution >= 4 is 22.9 Å². The van der Waals surface area contributed by atoms with Gasteiger partial charge in [0, 0.05) is 9.80 Å². The van der Waals surface area contributed by atoms with E-state index in [2.05, 4.69) is 5.43 Å². The summed E-state index contributed by atoms with van der Waals surface area (Å²) < 4.78 is 13.2. The molecule has 1 aromatic rings. The molecule has 1 atom stereocenters. The molecular weight excluding hydrogens is 227 g/mol. The van der Waals surface area contributed by atoms with E-state index in [1.54, 1.807) is 18.2 Å². The molecule has 5 heteroatoms. The molecule has 0 saturated heterocycles. The number of benzene rings is 1. The Morgan fingerprint density at radius 3 is 2.94 bits per heavy atom. The molecule has 1 aliphatic heterocycles. The van der Waals surface area contributed by atoms with Crippen molar-refractivity contribution in [1.29, 1.82) is 0 Å². The van der Waals surface area contributed by atoms with Gasteiger partial charge in [-0.25, -0.2) is 4.39 Å². The zero-order valence-electron chi connectivity index (χ0n) is 8.35. The van der Waals surface area contributed by atoms with Crippen LogP contribution in [-0.2, 0) is 4.79 Å². The predicted molar refractivity (Wildman–Crippen MR) is 64.7 cm³/mol. The van der Waals surface area contributed by atoms with Gasteiger partial charge in [0.15, 0.2) is 6.29 Å². The minimum absolute atomic E-state index is 0.331. The molecule has 3 N–H and O–H groups in total. The monoisotopic (exact) mass is 238 g/mol. The quantitative estimate of drug-likeness (QED) is 0.327. The summed E-state index contributed by atoms with van der Waals surface area (Å²) in [5.74, 6) is 5.03. The maximum atomic E-state index is 13.2. The van der Waals surface area contributed by atoms with Crippen LogP contribution in [0.1, 0.15) is 0 Å². The van der Waals surface area contributed by atoms with Gasteiger partial charge >= 0.3 is 0 Å². The summed E-state index contributed by atoms with van der Waals surface area (Å²) in [6, 6.07) is 4.31. The molecule has 0 spiro atoms. The van der Waals surface area contributed by atoms with Gasteiger partial charge in [-0.2, -0.15) is 10.9 Å². The zero-order valence-corrected chi connectivity index (χ0v) is 9.25. The fourth-order valence-electron chi connectivity index (χ4n) is 1.54. The Balaban J connectivity index is 2.47. The van der Waals surface area contributed by atoms with E-state index in [1.165, 1.54) is 12.1 Å². The third-order valence-electron chi connectivity index (χ3n) is 2.28. The van der Waals surface area contributed by atoms with E-state index in [4.69, 9.17) is 5.84 Å².